The van der Waals surface area contributed by atoms with E-state index in [1.165, 1.54) is 4.52 Å². The number of hydrogen-bond acceptors (Lipinski definition) is 4. The maximum absolute atomic E-state index is 11.7. The lowest BCUT2D eigenvalue weighted by Crippen LogP contribution is -2.12. The summed E-state index contributed by atoms with van der Waals surface area (Å²) >= 11 is 5.08. The molecule has 0 atom stereocenters. The fourth-order valence-corrected chi connectivity index (χ4v) is 2.10. The van der Waals surface area contributed by atoms with Crippen molar-refractivity contribution in [2.75, 3.05) is 7.11 Å². The van der Waals surface area contributed by atoms with Crippen LogP contribution in [-0.4, -0.2) is 26.9 Å². The number of hydrogen-bond donors (Lipinski definition) is 2. The number of fused-ring (bicyclic) bond motifs is 1. The van der Waals surface area contributed by atoms with Gasteiger partial charge in [-0.05, 0) is 30.4 Å². The van der Waals surface area contributed by atoms with E-state index in [0.717, 1.165) is 5.56 Å². The van der Waals surface area contributed by atoms with Crippen molar-refractivity contribution < 1.29 is 4.74 Å². The lowest BCUT2D eigenvalue weighted by atomic mass is 10.1. The number of methoxy groups -OCH3 is 1. The van der Waals surface area contributed by atoms with Crippen molar-refractivity contribution in [2.24, 2.45) is 0 Å². The number of aromatic amines is 2. The van der Waals surface area contributed by atoms with Gasteiger partial charge in [-0.2, -0.15) is 9.61 Å². The number of nitrogens with zero attached hydrogens (tertiary/aromatic N) is 2. The molecule has 0 saturated carbocycles. The molecule has 3 aromatic rings. The summed E-state index contributed by atoms with van der Waals surface area (Å²) in [6.45, 7) is 0. The Bertz CT molecular complexity index is 815. The third-order valence-electron chi connectivity index (χ3n) is 2.80. The van der Waals surface area contributed by atoms with Crippen LogP contribution in [0.15, 0.2) is 35.1 Å². The van der Waals surface area contributed by atoms with E-state index in [2.05, 4.69) is 15.3 Å². The molecule has 1 aromatic carbocycles. The topological polar surface area (TPSA) is 75.2 Å². The Labute approximate surface area is 112 Å². The lowest BCUT2D eigenvalue weighted by molar-refractivity contribution is 0.416. The Kier molecular flexibility index (Phi) is 2.68. The molecule has 2 aromatic heterocycles. The SMILES string of the molecule is COc1ccccc1-c1cc2c(=O)[nH][nH]c(=S)n2n1. The number of aromatic nitrogens is 4. The predicted molar refractivity (Wildman–Crippen MR) is 73.0 cm³/mol. The maximum atomic E-state index is 11.7. The van der Waals surface area contributed by atoms with Gasteiger partial charge in [0, 0.05) is 5.56 Å². The molecule has 19 heavy (non-hydrogen) atoms. The van der Waals surface area contributed by atoms with Crippen LogP contribution < -0.4 is 10.3 Å². The minimum atomic E-state index is -0.276. The predicted octanol–water partition coefficient (Wildman–Crippen LogP) is 1.76. The Morgan fingerprint density at radius 1 is 1.32 bits per heavy atom. The van der Waals surface area contributed by atoms with Crippen molar-refractivity contribution in [3.8, 4) is 17.0 Å². The van der Waals surface area contributed by atoms with Crippen molar-refractivity contribution in [2.45, 2.75) is 0 Å². The number of H-pyrrole nitrogens is 2. The quantitative estimate of drug-likeness (QED) is 0.698. The summed E-state index contributed by atoms with van der Waals surface area (Å²) in [5.41, 5.74) is 1.56. The van der Waals surface area contributed by atoms with Crippen LogP contribution in [0.5, 0.6) is 5.75 Å². The van der Waals surface area contributed by atoms with Crippen molar-refractivity contribution >= 4 is 17.7 Å². The van der Waals surface area contributed by atoms with Gasteiger partial charge in [-0.15, -0.1) is 0 Å². The fourth-order valence-electron chi connectivity index (χ4n) is 1.91. The summed E-state index contributed by atoms with van der Waals surface area (Å²) < 4.78 is 7.02. The molecule has 0 spiro atoms. The summed E-state index contributed by atoms with van der Waals surface area (Å²) in [5, 5.41) is 9.37. The van der Waals surface area contributed by atoms with Gasteiger partial charge in [0.15, 0.2) is 0 Å². The molecule has 3 rings (SSSR count). The second kappa shape index (κ2) is 4.36. The van der Waals surface area contributed by atoms with Crippen LogP contribution >= 0.6 is 12.2 Å². The second-order valence-electron chi connectivity index (χ2n) is 3.91. The van der Waals surface area contributed by atoms with Gasteiger partial charge >= 0.3 is 0 Å². The minimum absolute atomic E-state index is 0.276. The Balaban J connectivity index is 2.33. The average molecular weight is 274 g/mol. The van der Waals surface area contributed by atoms with Crippen molar-refractivity contribution in [3.63, 3.8) is 0 Å². The maximum Gasteiger partial charge on any atom is 0.288 e. The standard InChI is InChI=1S/C12H10N4O2S/c1-18-10-5-3-2-4-7(10)8-6-9-11(17)13-14-12(19)16(9)15-8/h2-6H,1H3,(H,13,17)(H,14,19). The van der Waals surface area contributed by atoms with Crippen LogP contribution in [0.1, 0.15) is 0 Å². The summed E-state index contributed by atoms with van der Waals surface area (Å²) in [6, 6.07) is 9.15. The first-order valence-corrected chi connectivity index (χ1v) is 5.95. The largest absolute Gasteiger partial charge is 0.496 e. The number of para-hydroxylation sites is 1. The Morgan fingerprint density at radius 2 is 2.11 bits per heavy atom. The van der Waals surface area contributed by atoms with Gasteiger partial charge < -0.3 is 4.74 Å². The summed E-state index contributed by atoms with van der Waals surface area (Å²) in [5.74, 6) is 0.692. The van der Waals surface area contributed by atoms with E-state index in [4.69, 9.17) is 17.0 Å². The van der Waals surface area contributed by atoms with Gasteiger partial charge in [0.1, 0.15) is 11.3 Å². The van der Waals surface area contributed by atoms with E-state index >= 15 is 0 Å². The molecule has 2 N–H and O–H groups in total. The van der Waals surface area contributed by atoms with E-state index < -0.39 is 0 Å². The van der Waals surface area contributed by atoms with E-state index in [0.29, 0.717) is 21.7 Å². The smallest absolute Gasteiger partial charge is 0.288 e. The van der Waals surface area contributed by atoms with Crippen molar-refractivity contribution in [3.05, 3.63) is 45.5 Å². The number of nitrogens with one attached hydrogen (secondary N) is 2. The highest BCUT2D eigenvalue weighted by atomic mass is 32.1. The molecule has 0 aliphatic heterocycles. The Hall–Kier alpha value is -2.41. The zero-order valence-corrected chi connectivity index (χ0v) is 10.8. The number of rotatable bonds is 2. The highest BCUT2D eigenvalue weighted by molar-refractivity contribution is 7.71. The molecule has 0 amide bonds. The number of ether oxygens (including phenoxy) is 1. The highest BCUT2D eigenvalue weighted by Gasteiger charge is 2.11. The minimum Gasteiger partial charge on any atom is -0.496 e. The molecular formula is C12H10N4O2S. The normalized spacial score (nSPS) is 10.8. The Morgan fingerprint density at radius 3 is 2.84 bits per heavy atom. The molecule has 0 aliphatic carbocycles. The third kappa shape index (κ3) is 1.84. The molecule has 7 heteroatoms. The molecule has 2 heterocycles. The third-order valence-corrected chi connectivity index (χ3v) is 3.08. The fraction of sp³-hybridized carbons (Fsp3) is 0.0833. The molecule has 96 valence electrons. The van der Waals surface area contributed by atoms with Crippen LogP contribution in [-0.2, 0) is 0 Å². The highest BCUT2D eigenvalue weighted by Crippen LogP contribution is 2.28. The molecule has 0 bridgehead atoms. The van der Waals surface area contributed by atoms with Crippen LogP contribution in [0, 0.1) is 4.77 Å². The molecule has 0 saturated heterocycles. The van der Waals surface area contributed by atoms with Crippen molar-refractivity contribution in [1.29, 1.82) is 0 Å². The van der Waals surface area contributed by atoms with E-state index in [-0.39, 0.29) is 5.56 Å². The van der Waals surface area contributed by atoms with Crippen LogP contribution in [0.25, 0.3) is 16.8 Å². The molecular weight excluding hydrogens is 264 g/mol. The van der Waals surface area contributed by atoms with E-state index in [9.17, 15) is 4.79 Å². The van der Waals surface area contributed by atoms with Gasteiger partial charge in [0.2, 0.25) is 4.77 Å². The summed E-state index contributed by atoms with van der Waals surface area (Å²) in [6.07, 6.45) is 0. The molecule has 0 aliphatic rings. The molecule has 0 unspecified atom stereocenters. The number of benzene rings is 1. The lowest BCUT2D eigenvalue weighted by Gasteiger charge is -2.04. The van der Waals surface area contributed by atoms with Crippen LogP contribution in [0.3, 0.4) is 0 Å². The van der Waals surface area contributed by atoms with Crippen molar-refractivity contribution in [1.82, 2.24) is 19.8 Å². The first-order chi connectivity index (χ1) is 9.20. The average Bonchev–Trinajstić information content (AvgIpc) is 2.89. The first-order valence-electron chi connectivity index (χ1n) is 5.55. The molecule has 0 radical (unpaired) electrons. The van der Waals surface area contributed by atoms with Crippen LogP contribution in [0.4, 0.5) is 0 Å². The van der Waals surface area contributed by atoms with Gasteiger partial charge in [-0.25, -0.2) is 0 Å². The second-order valence-corrected chi connectivity index (χ2v) is 4.30. The van der Waals surface area contributed by atoms with E-state index in [1.54, 1.807) is 13.2 Å². The van der Waals surface area contributed by atoms with Gasteiger partial charge in [-0.1, -0.05) is 12.1 Å². The monoisotopic (exact) mass is 274 g/mol. The van der Waals surface area contributed by atoms with Gasteiger partial charge in [0.05, 0.1) is 12.8 Å². The van der Waals surface area contributed by atoms with Gasteiger partial charge in [-0.3, -0.25) is 15.0 Å². The summed E-state index contributed by atoms with van der Waals surface area (Å²) in [4.78, 5) is 11.7. The zero-order valence-electron chi connectivity index (χ0n) is 10.0. The molecule has 0 fully saturated rings. The van der Waals surface area contributed by atoms with Crippen LogP contribution in [0.2, 0.25) is 0 Å². The first kappa shape index (κ1) is 11.7. The van der Waals surface area contributed by atoms with Gasteiger partial charge in [0.25, 0.3) is 5.56 Å². The zero-order chi connectivity index (χ0) is 13.4. The molecule has 6 nitrogen and oxygen atoms in total. The van der Waals surface area contributed by atoms with E-state index in [1.807, 2.05) is 24.3 Å². The summed E-state index contributed by atoms with van der Waals surface area (Å²) in [7, 11) is 1.59.